The first-order chi connectivity index (χ1) is 9.70. The molecule has 0 bridgehead atoms. The average Bonchev–Trinajstić information content (AvgIpc) is 2.99. The molecule has 2 aromatic rings. The highest BCUT2D eigenvalue weighted by Gasteiger charge is 2.07. The van der Waals surface area contributed by atoms with Gasteiger partial charge < -0.3 is 0 Å². The SMILES string of the molecule is CCCC(=O)NNC(=O)c1ccc(-n2cnnn2)cc1. The molecule has 8 nitrogen and oxygen atoms in total. The van der Waals surface area contributed by atoms with E-state index in [0.29, 0.717) is 12.0 Å². The second kappa shape index (κ2) is 6.41. The maximum Gasteiger partial charge on any atom is 0.269 e. The van der Waals surface area contributed by atoms with Crippen LogP contribution < -0.4 is 10.9 Å². The summed E-state index contributed by atoms with van der Waals surface area (Å²) in [5, 5.41) is 10.8. The number of carbonyl (C=O) groups excluding carboxylic acids is 2. The molecule has 1 aromatic carbocycles. The van der Waals surface area contributed by atoms with Crippen LogP contribution >= 0.6 is 0 Å². The Kier molecular flexibility index (Phi) is 4.38. The van der Waals surface area contributed by atoms with E-state index < -0.39 is 0 Å². The number of benzene rings is 1. The number of rotatable bonds is 4. The molecule has 2 rings (SSSR count). The van der Waals surface area contributed by atoms with E-state index in [9.17, 15) is 9.59 Å². The van der Waals surface area contributed by atoms with E-state index in [4.69, 9.17) is 0 Å². The minimum absolute atomic E-state index is 0.217. The number of nitrogens with one attached hydrogen (secondary N) is 2. The molecular formula is C12H14N6O2. The third-order valence-corrected chi connectivity index (χ3v) is 2.54. The first kappa shape index (κ1) is 13.7. The summed E-state index contributed by atoms with van der Waals surface area (Å²) in [6, 6.07) is 6.66. The first-order valence-electron chi connectivity index (χ1n) is 6.13. The molecule has 0 aliphatic rings. The van der Waals surface area contributed by atoms with Gasteiger partial charge in [0.2, 0.25) is 5.91 Å². The van der Waals surface area contributed by atoms with Crippen molar-refractivity contribution >= 4 is 11.8 Å². The predicted octanol–water partition coefficient (Wildman–Crippen LogP) is 0.223. The number of tetrazole rings is 1. The summed E-state index contributed by atoms with van der Waals surface area (Å²) in [5.74, 6) is -0.594. The van der Waals surface area contributed by atoms with E-state index in [-0.39, 0.29) is 11.8 Å². The minimum Gasteiger partial charge on any atom is -0.273 e. The van der Waals surface area contributed by atoms with Crippen molar-refractivity contribution in [3.05, 3.63) is 36.2 Å². The van der Waals surface area contributed by atoms with E-state index in [1.165, 1.54) is 11.0 Å². The number of hydrazine groups is 1. The number of amides is 2. The lowest BCUT2D eigenvalue weighted by molar-refractivity contribution is -0.121. The van der Waals surface area contributed by atoms with Gasteiger partial charge in [-0.2, -0.15) is 0 Å². The molecular weight excluding hydrogens is 260 g/mol. The van der Waals surface area contributed by atoms with Crippen molar-refractivity contribution in [2.75, 3.05) is 0 Å². The highest BCUT2D eigenvalue weighted by molar-refractivity contribution is 5.95. The van der Waals surface area contributed by atoms with Gasteiger partial charge in [0.25, 0.3) is 5.91 Å². The Balaban J connectivity index is 1.96. The average molecular weight is 274 g/mol. The summed E-state index contributed by atoms with van der Waals surface area (Å²) in [6.07, 6.45) is 2.56. The molecule has 2 amide bonds. The molecule has 1 aromatic heterocycles. The molecule has 0 spiro atoms. The van der Waals surface area contributed by atoms with Crippen LogP contribution in [0.15, 0.2) is 30.6 Å². The monoisotopic (exact) mass is 274 g/mol. The van der Waals surface area contributed by atoms with Crippen LogP contribution in [0.5, 0.6) is 0 Å². The largest absolute Gasteiger partial charge is 0.273 e. The Morgan fingerprint density at radius 2 is 1.95 bits per heavy atom. The maximum atomic E-state index is 11.8. The summed E-state index contributed by atoms with van der Waals surface area (Å²) in [4.78, 5) is 23.0. The minimum atomic E-state index is -0.377. The molecule has 0 radical (unpaired) electrons. The Labute approximate surface area is 115 Å². The van der Waals surface area contributed by atoms with Gasteiger partial charge in [-0.05, 0) is 41.1 Å². The lowest BCUT2D eigenvalue weighted by atomic mass is 10.2. The number of nitrogens with zero attached hydrogens (tertiary/aromatic N) is 4. The van der Waals surface area contributed by atoms with Crippen molar-refractivity contribution in [1.29, 1.82) is 0 Å². The van der Waals surface area contributed by atoms with Gasteiger partial charge >= 0.3 is 0 Å². The van der Waals surface area contributed by atoms with Gasteiger partial charge in [0, 0.05) is 12.0 Å². The van der Waals surface area contributed by atoms with E-state index in [1.54, 1.807) is 24.3 Å². The number of aromatic nitrogens is 4. The van der Waals surface area contributed by atoms with Crippen molar-refractivity contribution in [1.82, 2.24) is 31.1 Å². The van der Waals surface area contributed by atoms with Crippen LogP contribution in [-0.2, 0) is 4.79 Å². The van der Waals surface area contributed by atoms with Crippen molar-refractivity contribution < 1.29 is 9.59 Å². The van der Waals surface area contributed by atoms with Crippen molar-refractivity contribution in [2.45, 2.75) is 19.8 Å². The fourth-order valence-corrected chi connectivity index (χ4v) is 1.53. The zero-order valence-electron chi connectivity index (χ0n) is 10.9. The summed E-state index contributed by atoms with van der Waals surface area (Å²) in [5.41, 5.74) is 5.87. The molecule has 20 heavy (non-hydrogen) atoms. The van der Waals surface area contributed by atoms with Gasteiger partial charge in [0.15, 0.2) is 0 Å². The second-order valence-corrected chi connectivity index (χ2v) is 4.05. The van der Waals surface area contributed by atoms with Crippen LogP contribution in [0, 0.1) is 0 Å². The lowest BCUT2D eigenvalue weighted by Gasteiger charge is -2.07. The fourth-order valence-electron chi connectivity index (χ4n) is 1.53. The molecule has 104 valence electrons. The molecule has 0 saturated carbocycles. The van der Waals surface area contributed by atoms with Crippen LogP contribution in [0.3, 0.4) is 0 Å². The molecule has 0 aliphatic heterocycles. The standard InChI is InChI=1S/C12H14N6O2/c1-2-3-11(19)14-15-12(20)9-4-6-10(7-5-9)18-8-13-16-17-18/h4-8H,2-3H2,1H3,(H,14,19)(H,15,20). The zero-order valence-corrected chi connectivity index (χ0v) is 10.9. The second-order valence-electron chi connectivity index (χ2n) is 4.05. The van der Waals surface area contributed by atoms with Crippen LogP contribution in [-0.4, -0.2) is 32.0 Å². The quantitative estimate of drug-likeness (QED) is 0.777. The first-order valence-corrected chi connectivity index (χ1v) is 6.13. The van der Waals surface area contributed by atoms with Gasteiger partial charge in [-0.3, -0.25) is 20.4 Å². The van der Waals surface area contributed by atoms with Crippen LogP contribution in [0.25, 0.3) is 5.69 Å². The summed E-state index contributed by atoms with van der Waals surface area (Å²) in [6.45, 7) is 1.89. The Morgan fingerprint density at radius 3 is 2.55 bits per heavy atom. The summed E-state index contributed by atoms with van der Waals surface area (Å²) < 4.78 is 1.48. The van der Waals surface area contributed by atoms with E-state index in [2.05, 4.69) is 26.4 Å². The molecule has 0 aliphatic carbocycles. The fraction of sp³-hybridized carbons (Fsp3) is 0.250. The lowest BCUT2D eigenvalue weighted by Crippen LogP contribution is -2.41. The number of hydrogen-bond donors (Lipinski definition) is 2. The van der Waals surface area contributed by atoms with Crippen LogP contribution in [0.1, 0.15) is 30.1 Å². The van der Waals surface area contributed by atoms with Gasteiger partial charge in [0.05, 0.1) is 5.69 Å². The molecule has 0 fully saturated rings. The summed E-state index contributed by atoms with van der Waals surface area (Å²) >= 11 is 0. The Bertz CT molecular complexity index is 579. The molecule has 8 heteroatoms. The smallest absolute Gasteiger partial charge is 0.269 e. The Hall–Kier alpha value is -2.77. The van der Waals surface area contributed by atoms with Gasteiger partial charge in [-0.15, -0.1) is 5.10 Å². The third-order valence-electron chi connectivity index (χ3n) is 2.54. The Morgan fingerprint density at radius 1 is 1.20 bits per heavy atom. The number of hydrogen-bond acceptors (Lipinski definition) is 5. The van der Waals surface area contributed by atoms with E-state index in [0.717, 1.165) is 12.1 Å². The normalized spacial score (nSPS) is 10.1. The molecule has 0 atom stereocenters. The highest BCUT2D eigenvalue weighted by atomic mass is 16.2. The van der Waals surface area contributed by atoms with E-state index >= 15 is 0 Å². The van der Waals surface area contributed by atoms with Gasteiger partial charge in [0.1, 0.15) is 6.33 Å². The number of carbonyl (C=O) groups is 2. The predicted molar refractivity (Wildman–Crippen MR) is 69.7 cm³/mol. The van der Waals surface area contributed by atoms with E-state index in [1.807, 2.05) is 6.92 Å². The molecule has 0 unspecified atom stereocenters. The topological polar surface area (TPSA) is 102 Å². The molecule has 0 saturated heterocycles. The van der Waals surface area contributed by atoms with Gasteiger partial charge in [-0.1, -0.05) is 6.92 Å². The zero-order chi connectivity index (χ0) is 14.4. The molecule has 2 N–H and O–H groups in total. The van der Waals surface area contributed by atoms with Crippen LogP contribution in [0.2, 0.25) is 0 Å². The molecule has 1 heterocycles. The van der Waals surface area contributed by atoms with Crippen molar-refractivity contribution in [3.63, 3.8) is 0 Å². The van der Waals surface area contributed by atoms with Crippen molar-refractivity contribution in [3.8, 4) is 5.69 Å². The van der Waals surface area contributed by atoms with Gasteiger partial charge in [-0.25, -0.2) is 4.68 Å². The third kappa shape index (κ3) is 3.37. The summed E-state index contributed by atoms with van der Waals surface area (Å²) in [7, 11) is 0. The van der Waals surface area contributed by atoms with Crippen LogP contribution in [0.4, 0.5) is 0 Å². The maximum absolute atomic E-state index is 11.8. The highest BCUT2D eigenvalue weighted by Crippen LogP contribution is 2.07. The van der Waals surface area contributed by atoms with Crippen molar-refractivity contribution in [2.24, 2.45) is 0 Å².